The minimum atomic E-state index is -0.315. The van der Waals surface area contributed by atoms with Crippen molar-refractivity contribution < 1.29 is 4.79 Å². The van der Waals surface area contributed by atoms with Gasteiger partial charge in [-0.05, 0) is 35.7 Å². The molecule has 1 aliphatic heterocycles. The Morgan fingerprint density at radius 3 is 2.93 bits per heavy atom. The van der Waals surface area contributed by atoms with Crippen LogP contribution in [0, 0.1) is 6.92 Å². The van der Waals surface area contributed by atoms with E-state index in [0.717, 1.165) is 47.2 Å². The highest BCUT2D eigenvalue weighted by molar-refractivity contribution is 9.10. The van der Waals surface area contributed by atoms with E-state index in [-0.39, 0.29) is 17.6 Å². The van der Waals surface area contributed by atoms with E-state index in [1.54, 1.807) is 18.6 Å². The summed E-state index contributed by atoms with van der Waals surface area (Å²) in [6, 6.07) is 0.133. The minimum absolute atomic E-state index is 0.133. The van der Waals surface area contributed by atoms with Crippen LogP contribution in [0.3, 0.4) is 0 Å². The summed E-state index contributed by atoms with van der Waals surface area (Å²) in [4.78, 5) is 30.7. The number of hydrogen-bond acceptors (Lipinski definition) is 6. The number of amides is 1. The molecule has 0 saturated carbocycles. The number of aryl methyl sites for hydroxylation is 1. The van der Waals surface area contributed by atoms with Gasteiger partial charge in [0, 0.05) is 37.7 Å². The highest BCUT2D eigenvalue weighted by Crippen LogP contribution is 2.38. The van der Waals surface area contributed by atoms with Crippen LogP contribution in [-0.2, 0) is 0 Å². The van der Waals surface area contributed by atoms with Crippen LogP contribution in [0.4, 0.5) is 11.4 Å². The second-order valence-electron chi connectivity index (χ2n) is 6.73. The summed E-state index contributed by atoms with van der Waals surface area (Å²) in [7, 11) is 0. The van der Waals surface area contributed by atoms with Crippen LogP contribution in [0.2, 0.25) is 0 Å². The molecule has 4 rings (SSSR count). The van der Waals surface area contributed by atoms with Crippen LogP contribution < -0.4 is 16.0 Å². The molecular weight excluding hydrogens is 410 g/mol. The predicted octanol–water partition coefficient (Wildman–Crippen LogP) is 2.60. The van der Waals surface area contributed by atoms with Crippen LogP contribution in [0.1, 0.15) is 29.0 Å². The van der Waals surface area contributed by atoms with Crippen molar-refractivity contribution >= 4 is 44.2 Å². The lowest BCUT2D eigenvalue weighted by Crippen LogP contribution is -2.43. The summed E-state index contributed by atoms with van der Waals surface area (Å²) < 4.78 is 0.870. The highest BCUT2D eigenvalue weighted by Gasteiger charge is 2.24. The Bertz CT molecular complexity index is 985. The Morgan fingerprint density at radius 1 is 1.33 bits per heavy atom. The number of aromatic amines is 1. The van der Waals surface area contributed by atoms with Gasteiger partial charge in [0.2, 0.25) is 0 Å². The van der Waals surface area contributed by atoms with E-state index in [4.69, 9.17) is 5.73 Å². The van der Waals surface area contributed by atoms with E-state index in [1.165, 1.54) is 6.20 Å². The summed E-state index contributed by atoms with van der Waals surface area (Å²) in [5, 5.41) is 3.78. The number of hydrogen-bond donors (Lipinski definition) is 3. The molecule has 1 saturated heterocycles. The van der Waals surface area contributed by atoms with Gasteiger partial charge in [0.05, 0.1) is 33.1 Å². The Hall–Kier alpha value is -2.52. The van der Waals surface area contributed by atoms with Gasteiger partial charge in [-0.2, -0.15) is 0 Å². The number of nitrogens with one attached hydrogen (secondary N) is 2. The third-order valence-electron chi connectivity index (χ3n) is 4.67. The molecule has 0 bridgehead atoms. The number of H-pyrrole nitrogens is 1. The topological polar surface area (TPSA) is 113 Å². The van der Waals surface area contributed by atoms with E-state index in [1.807, 2.05) is 6.92 Å². The van der Waals surface area contributed by atoms with E-state index >= 15 is 0 Å². The molecule has 0 aliphatic carbocycles. The first kappa shape index (κ1) is 17.9. The van der Waals surface area contributed by atoms with Crippen LogP contribution in [0.5, 0.6) is 0 Å². The maximum atomic E-state index is 12.6. The molecule has 1 amide bonds. The molecule has 0 aromatic carbocycles. The van der Waals surface area contributed by atoms with Crippen LogP contribution in [-0.4, -0.2) is 45.0 Å². The number of halogens is 1. The molecule has 0 spiro atoms. The second kappa shape index (κ2) is 7.24. The van der Waals surface area contributed by atoms with Crippen molar-refractivity contribution in [3.63, 3.8) is 0 Å². The second-order valence-corrected chi connectivity index (χ2v) is 7.58. The number of fused-ring (bicyclic) bond motifs is 1. The van der Waals surface area contributed by atoms with Gasteiger partial charge in [0.1, 0.15) is 11.3 Å². The molecule has 4 N–H and O–H groups in total. The Morgan fingerprint density at radius 2 is 2.19 bits per heavy atom. The van der Waals surface area contributed by atoms with Gasteiger partial charge in [-0.15, -0.1) is 0 Å². The summed E-state index contributed by atoms with van der Waals surface area (Å²) in [5.74, 6) is -0.315. The third-order valence-corrected chi connectivity index (χ3v) is 5.25. The first-order chi connectivity index (χ1) is 13.0. The fourth-order valence-corrected chi connectivity index (χ4v) is 3.92. The van der Waals surface area contributed by atoms with Crippen LogP contribution in [0.15, 0.2) is 29.3 Å². The number of carbonyl (C=O) groups excluding carboxylic acids is 1. The Balaban J connectivity index is 1.72. The molecule has 1 fully saturated rings. The van der Waals surface area contributed by atoms with E-state index in [2.05, 4.69) is 46.1 Å². The molecule has 27 heavy (non-hydrogen) atoms. The smallest absolute Gasteiger partial charge is 0.275 e. The molecule has 3 aromatic heterocycles. The Labute approximate surface area is 164 Å². The fourth-order valence-electron chi connectivity index (χ4n) is 3.37. The van der Waals surface area contributed by atoms with Gasteiger partial charge < -0.3 is 20.9 Å². The molecule has 3 aromatic rings. The lowest BCUT2D eigenvalue weighted by molar-refractivity contribution is 0.102. The molecule has 9 heteroatoms. The van der Waals surface area contributed by atoms with Crippen molar-refractivity contribution in [3.05, 3.63) is 40.6 Å². The number of pyridine rings is 1. The number of rotatable bonds is 3. The fraction of sp³-hybridized carbons (Fsp3) is 0.333. The number of anilines is 2. The van der Waals surface area contributed by atoms with Crippen molar-refractivity contribution in [1.82, 2.24) is 19.9 Å². The molecule has 1 unspecified atom stereocenters. The summed E-state index contributed by atoms with van der Waals surface area (Å²) in [5.41, 5.74) is 9.54. The molecular formula is C18H20BrN7O. The summed E-state index contributed by atoms with van der Waals surface area (Å²) in [6.07, 6.45) is 8.61. The van der Waals surface area contributed by atoms with Crippen molar-refractivity contribution in [3.8, 4) is 0 Å². The molecule has 1 aliphatic rings. The third kappa shape index (κ3) is 3.52. The van der Waals surface area contributed by atoms with Crippen LogP contribution in [0.25, 0.3) is 11.0 Å². The zero-order valence-corrected chi connectivity index (χ0v) is 16.5. The first-order valence-corrected chi connectivity index (χ1v) is 9.58. The van der Waals surface area contributed by atoms with E-state index in [0.29, 0.717) is 11.3 Å². The van der Waals surface area contributed by atoms with Gasteiger partial charge >= 0.3 is 0 Å². The lowest BCUT2D eigenvalue weighted by Gasteiger charge is -2.33. The van der Waals surface area contributed by atoms with Crippen molar-refractivity contribution in [2.45, 2.75) is 25.8 Å². The lowest BCUT2D eigenvalue weighted by atomic mass is 10.1. The quantitative estimate of drug-likeness (QED) is 0.589. The van der Waals surface area contributed by atoms with E-state index in [9.17, 15) is 4.79 Å². The van der Waals surface area contributed by atoms with Gasteiger partial charge in [-0.3, -0.25) is 9.78 Å². The van der Waals surface area contributed by atoms with Crippen LogP contribution >= 0.6 is 15.9 Å². The largest absolute Gasteiger partial charge is 0.368 e. The Kier molecular flexibility index (Phi) is 4.79. The van der Waals surface area contributed by atoms with Gasteiger partial charge in [-0.25, -0.2) is 9.97 Å². The van der Waals surface area contributed by atoms with Crippen molar-refractivity contribution in [2.75, 3.05) is 23.3 Å². The number of nitrogens with two attached hydrogens (primary N) is 1. The maximum absolute atomic E-state index is 12.6. The first-order valence-electron chi connectivity index (χ1n) is 8.79. The SMILES string of the molecule is Cc1cnc(C(=O)Nc2c[nH]c3ncc(Br)c(N4CCCC(N)C4)c23)cn1. The average Bonchev–Trinajstić information content (AvgIpc) is 3.05. The van der Waals surface area contributed by atoms with Gasteiger partial charge in [-0.1, -0.05) is 0 Å². The van der Waals surface area contributed by atoms with Crippen molar-refractivity contribution in [2.24, 2.45) is 5.73 Å². The van der Waals surface area contributed by atoms with Gasteiger partial charge in [0.15, 0.2) is 0 Å². The predicted molar refractivity (Wildman–Crippen MR) is 108 cm³/mol. The zero-order valence-electron chi connectivity index (χ0n) is 14.9. The number of carbonyl (C=O) groups is 1. The van der Waals surface area contributed by atoms with E-state index < -0.39 is 0 Å². The highest BCUT2D eigenvalue weighted by atomic mass is 79.9. The normalized spacial score (nSPS) is 17.3. The minimum Gasteiger partial charge on any atom is -0.368 e. The average molecular weight is 430 g/mol. The molecule has 0 radical (unpaired) electrons. The summed E-state index contributed by atoms with van der Waals surface area (Å²) in [6.45, 7) is 3.50. The molecule has 140 valence electrons. The maximum Gasteiger partial charge on any atom is 0.275 e. The number of nitrogens with zero attached hydrogens (tertiary/aromatic N) is 4. The summed E-state index contributed by atoms with van der Waals surface area (Å²) >= 11 is 3.62. The number of aromatic nitrogens is 4. The number of piperidine rings is 1. The molecule has 1 atom stereocenters. The van der Waals surface area contributed by atoms with Gasteiger partial charge in [0.25, 0.3) is 5.91 Å². The molecule has 8 nitrogen and oxygen atoms in total. The van der Waals surface area contributed by atoms with Crippen molar-refractivity contribution in [1.29, 1.82) is 0 Å². The molecule has 4 heterocycles. The monoisotopic (exact) mass is 429 g/mol. The standard InChI is InChI=1S/C18H20BrN7O/c1-10-5-22-14(8-21-10)18(27)25-13-7-24-17-15(13)16(12(19)6-23-17)26-4-2-3-11(20)9-26/h5-8,11H,2-4,9,20H2,1H3,(H,23,24)(H,25,27). The zero-order chi connectivity index (χ0) is 19.0.